The van der Waals surface area contributed by atoms with Gasteiger partial charge in [0.25, 0.3) is 11.8 Å². The molecule has 0 heterocycles. The van der Waals surface area contributed by atoms with Gasteiger partial charge >= 0.3 is 5.97 Å². The molecule has 0 saturated carbocycles. The van der Waals surface area contributed by atoms with Crippen LogP contribution in [0.2, 0.25) is 0 Å². The molecule has 6 heteroatoms. The molecule has 29 heavy (non-hydrogen) atoms. The Kier molecular flexibility index (Phi) is 6.04. The number of nitrogens with one attached hydrogen (secondary N) is 2. The van der Waals surface area contributed by atoms with Crippen molar-refractivity contribution in [1.82, 2.24) is 0 Å². The lowest BCUT2D eigenvalue weighted by molar-refractivity contribution is 0.0601. The van der Waals surface area contributed by atoms with Crippen molar-refractivity contribution in [1.29, 1.82) is 0 Å². The van der Waals surface area contributed by atoms with Gasteiger partial charge in [-0.1, -0.05) is 35.9 Å². The predicted octanol–water partition coefficient (Wildman–Crippen LogP) is 4.29. The van der Waals surface area contributed by atoms with Crippen LogP contribution in [0.25, 0.3) is 0 Å². The second-order valence-electron chi connectivity index (χ2n) is 6.39. The molecule has 0 saturated heterocycles. The molecule has 0 aliphatic rings. The Morgan fingerprint density at radius 2 is 1.45 bits per heavy atom. The summed E-state index contributed by atoms with van der Waals surface area (Å²) in [5.41, 5.74) is 3.02. The average molecular weight is 388 g/mol. The van der Waals surface area contributed by atoms with Crippen molar-refractivity contribution in [2.24, 2.45) is 0 Å². The maximum atomic E-state index is 12.6. The van der Waals surface area contributed by atoms with Crippen LogP contribution in [0.3, 0.4) is 0 Å². The van der Waals surface area contributed by atoms with E-state index in [-0.39, 0.29) is 11.5 Å². The Bertz CT molecular complexity index is 1060. The lowest BCUT2D eigenvalue weighted by Gasteiger charge is -2.11. The van der Waals surface area contributed by atoms with Crippen molar-refractivity contribution < 1.29 is 19.1 Å². The smallest absolute Gasteiger partial charge is 0.339 e. The van der Waals surface area contributed by atoms with E-state index < -0.39 is 11.9 Å². The van der Waals surface area contributed by atoms with Crippen LogP contribution >= 0.6 is 0 Å². The van der Waals surface area contributed by atoms with Crippen molar-refractivity contribution in [2.75, 3.05) is 17.7 Å². The summed E-state index contributed by atoms with van der Waals surface area (Å²) in [4.78, 5) is 36.9. The van der Waals surface area contributed by atoms with E-state index in [1.54, 1.807) is 60.7 Å². The largest absolute Gasteiger partial charge is 0.465 e. The monoisotopic (exact) mass is 388 g/mol. The number of rotatable bonds is 5. The number of hydrogen-bond donors (Lipinski definition) is 2. The van der Waals surface area contributed by atoms with Crippen LogP contribution < -0.4 is 10.6 Å². The molecule has 146 valence electrons. The Morgan fingerprint density at radius 3 is 2.17 bits per heavy atom. The molecule has 3 rings (SSSR count). The highest BCUT2D eigenvalue weighted by Gasteiger charge is 2.15. The summed E-state index contributed by atoms with van der Waals surface area (Å²) in [7, 11) is 1.28. The van der Waals surface area contributed by atoms with E-state index in [2.05, 4.69) is 10.6 Å². The third-order valence-electron chi connectivity index (χ3n) is 4.28. The fourth-order valence-electron chi connectivity index (χ4n) is 2.72. The average Bonchev–Trinajstić information content (AvgIpc) is 2.74. The van der Waals surface area contributed by atoms with Crippen LogP contribution in [0.5, 0.6) is 0 Å². The minimum absolute atomic E-state index is 0.257. The molecule has 2 N–H and O–H groups in total. The SMILES string of the molecule is COC(=O)c1ccccc1NC(=O)c1cccc(NC(=O)c2ccc(C)cc2)c1. The number of aryl methyl sites for hydroxylation is 1. The van der Waals surface area contributed by atoms with Gasteiger partial charge in [-0.05, 0) is 49.4 Å². The molecule has 3 aromatic rings. The maximum Gasteiger partial charge on any atom is 0.339 e. The van der Waals surface area contributed by atoms with Crippen LogP contribution in [0, 0.1) is 6.92 Å². The van der Waals surface area contributed by atoms with E-state index >= 15 is 0 Å². The van der Waals surface area contributed by atoms with Gasteiger partial charge < -0.3 is 15.4 Å². The molecule has 0 unspecified atom stereocenters. The molecule has 0 radical (unpaired) electrons. The summed E-state index contributed by atoms with van der Waals surface area (Å²) >= 11 is 0. The predicted molar refractivity (Wildman–Crippen MR) is 111 cm³/mol. The molecule has 0 aliphatic heterocycles. The van der Waals surface area contributed by atoms with Crippen molar-refractivity contribution in [2.45, 2.75) is 6.92 Å². The number of carbonyl (C=O) groups is 3. The molecule has 2 amide bonds. The van der Waals surface area contributed by atoms with E-state index in [4.69, 9.17) is 4.74 Å². The molecule has 0 aromatic heterocycles. The first kappa shape index (κ1) is 19.8. The van der Waals surface area contributed by atoms with Gasteiger partial charge in [0, 0.05) is 16.8 Å². The van der Waals surface area contributed by atoms with Crippen LogP contribution in [0.1, 0.15) is 36.6 Å². The van der Waals surface area contributed by atoms with Gasteiger partial charge in [0.1, 0.15) is 0 Å². The quantitative estimate of drug-likeness (QED) is 0.639. The Hall–Kier alpha value is -3.93. The van der Waals surface area contributed by atoms with E-state index in [1.165, 1.54) is 7.11 Å². The van der Waals surface area contributed by atoms with E-state index in [1.807, 2.05) is 19.1 Å². The lowest BCUT2D eigenvalue weighted by Crippen LogP contribution is -2.16. The number of para-hydroxylation sites is 1. The number of methoxy groups -OCH3 is 1. The summed E-state index contributed by atoms with van der Waals surface area (Å²) in [6.45, 7) is 1.95. The topological polar surface area (TPSA) is 84.5 Å². The lowest BCUT2D eigenvalue weighted by atomic mass is 10.1. The van der Waals surface area contributed by atoms with Crippen molar-refractivity contribution >= 4 is 29.2 Å². The first-order valence-corrected chi connectivity index (χ1v) is 8.94. The molecule has 0 fully saturated rings. The number of carbonyl (C=O) groups excluding carboxylic acids is 3. The number of anilines is 2. The minimum Gasteiger partial charge on any atom is -0.465 e. The first-order valence-electron chi connectivity index (χ1n) is 8.94. The van der Waals surface area contributed by atoms with Gasteiger partial charge in [-0.25, -0.2) is 4.79 Å². The second-order valence-corrected chi connectivity index (χ2v) is 6.39. The molecular formula is C23H20N2O4. The van der Waals surface area contributed by atoms with E-state index in [0.717, 1.165) is 5.56 Å². The fraction of sp³-hybridized carbons (Fsp3) is 0.0870. The van der Waals surface area contributed by atoms with Gasteiger partial charge in [-0.3, -0.25) is 9.59 Å². The van der Waals surface area contributed by atoms with Gasteiger partial charge in [-0.15, -0.1) is 0 Å². The number of esters is 1. The molecule has 3 aromatic carbocycles. The highest BCUT2D eigenvalue weighted by atomic mass is 16.5. The van der Waals surface area contributed by atoms with Crippen LogP contribution in [-0.2, 0) is 4.74 Å². The van der Waals surface area contributed by atoms with Crippen LogP contribution in [0.15, 0.2) is 72.8 Å². The van der Waals surface area contributed by atoms with Gasteiger partial charge in [0.05, 0.1) is 18.4 Å². The van der Waals surface area contributed by atoms with Crippen LogP contribution in [-0.4, -0.2) is 24.9 Å². The first-order chi connectivity index (χ1) is 14.0. The van der Waals surface area contributed by atoms with Crippen LogP contribution in [0.4, 0.5) is 11.4 Å². The van der Waals surface area contributed by atoms with E-state index in [0.29, 0.717) is 22.5 Å². The van der Waals surface area contributed by atoms with Crippen molar-refractivity contribution in [3.63, 3.8) is 0 Å². The minimum atomic E-state index is -0.542. The standard InChI is InChI=1S/C23H20N2O4/c1-15-10-12-16(13-11-15)21(26)24-18-7-5-6-17(14-18)22(27)25-20-9-4-3-8-19(20)23(28)29-2/h3-14H,1-2H3,(H,24,26)(H,25,27). The number of benzene rings is 3. The zero-order valence-corrected chi connectivity index (χ0v) is 16.1. The molecule has 0 atom stereocenters. The van der Waals surface area contributed by atoms with Crippen molar-refractivity contribution in [3.8, 4) is 0 Å². The number of hydrogen-bond acceptors (Lipinski definition) is 4. The van der Waals surface area contributed by atoms with Gasteiger partial charge in [0.2, 0.25) is 0 Å². The summed E-state index contributed by atoms with van der Waals surface area (Å²) in [5, 5.41) is 5.49. The summed E-state index contributed by atoms with van der Waals surface area (Å²) in [6.07, 6.45) is 0. The highest BCUT2D eigenvalue weighted by molar-refractivity contribution is 6.09. The van der Waals surface area contributed by atoms with Gasteiger partial charge in [-0.2, -0.15) is 0 Å². The molecule has 6 nitrogen and oxygen atoms in total. The Morgan fingerprint density at radius 1 is 0.759 bits per heavy atom. The molecule has 0 aliphatic carbocycles. The van der Waals surface area contributed by atoms with Crippen molar-refractivity contribution in [3.05, 3.63) is 95.1 Å². The maximum absolute atomic E-state index is 12.6. The summed E-state index contributed by atoms with van der Waals surface area (Å²) < 4.78 is 4.74. The molecule has 0 spiro atoms. The summed E-state index contributed by atoms with van der Waals surface area (Å²) in [5.74, 6) is -1.22. The van der Waals surface area contributed by atoms with Gasteiger partial charge in [0.15, 0.2) is 0 Å². The normalized spacial score (nSPS) is 10.1. The summed E-state index contributed by atoms with van der Waals surface area (Å²) in [6, 6.07) is 20.3. The Balaban J connectivity index is 1.76. The number of amides is 2. The van der Waals surface area contributed by atoms with E-state index in [9.17, 15) is 14.4 Å². The Labute approximate surface area is 168 Å². The fourth-order valence-corrected chi connectivity index (χ4v) is 2.72. The molecule has 0 bridgehead atoms. The zero-order valence-electron chi connectivity index (χ0n) is 16.1. The second kappa shape index (κ2) is 8.84. The third-order valence-corrected chi connectivity index (χ3v) is 4.28. The molecular weight excluding hydrogens is 368 g/mol. The number of ether oxygens (including phenoxy) is 1. The zero-order chi connectivity index (χ0) is 20.8. The third kappa shape index (κ3) is 4.87. The highest BCUT2D eigenvalue weighted by Crippen LogP contribution is 2.19.